The SMILES string of the molecule is O=C(O)c1ccc2c(c1)C(c1ccc(F)cc1)=CCO2. The van der Waals surface area contributed by atoms with Crippen molar-refractivity contribution in [3.05, 3.63) is 71.0 Å². The van der Waals surface area contributed by atoms with Gasteiger partial charge in [-0.1, -0.05) is 12.1 Å². The molecule has 1 aliphatic heterocycles. The highest BCUT2D eigenvalue weighted by molar-refractivity contribution is 5.92. The number of rotatable bonds is 2. The van der Waals surface area contributed by atoms with Gasteiger partial charge in [0.25, 0.3) is 0 Å². The Bertz CT molecular complexity index is 702. The van der Waals surface area contributed by atoms with Gasteiger partial charge in [0.1, 0.15) is 18.2 Å². The van der Waals surface area contributed by atoms with Gasteiger partial charge < -0.3 is 9.84 Å². The van der Waals surface area contributed by atoms with E-state index in [1.165, 1.54) is 18.2 Å². The van der Waals surface area contributed by atoms with Gasteiger partial charge in [-0.25, -0.2) is 9.18 Å². The fourth-order valence-corrected chi connectivity index (χ4v) is 2.23. The van der Waals surface area contributed by atoms with Gasteiger partial charge in [-0.3, -0.25) is 0 Å². The zero-order chi connectivity index (χ0) is 14.1. The van der Waals surface area contributed by atoms with E-state index < -0.39 is 5.97 Å². The predicted molar refractivity (Wildman–Crippen MR) is 72.4 cm³/mol. The van der Waals surface area contributed by atoms with Crippen molar-refractivity contribution in [2.45, 2.75) is 0 Å². The summed E-state index contributed by atoms with van der Waals surface area (Å²) in [6.07, 6.45) is 1.86. The first-order valence-corrected chi connectivity index (χ1v) is 6.12. The second kappa shape index (κ2) is 4.81. The molecule has 1 N–H and O–H groups in total. The summed E-state index contributed by atoms with van der Waals surface area (Å²) in [6, 6.07) is 10.8. The van der Waals surface area contributed by atoms with Gasteiger partial charge in [0, 0.05) is 5.56 Å². The van der Waals surface area contributed by atoms with Crippen LogP contribution in [0.15, 0.2) is 48.5 Å². The Hall–Kier alpha value is -2.62. The number of hydrogen-bond acceptors (Lipinski definition) is 2. The average Bonchev–Trinajstić information content (AvgIpc) is 2.47. The molecular weight excluding hydrogens is 259 g/mol. The molecule has 4 heteroatoms. The lowest BCUT2D eigenvalue weighted by atomic mass is 9.94. The van der Waals surface area contributed by atoms with Crippen LogP contribution < -0.4 is 4.74 Å². The fourth-order valence-electron chi connectivity index (χ4n) is 2.23. The number of benzene rings is 2. The number of fused-ring (bicyclic) bond motifs is 1. The Balaban J connectivity index is 2.11. The van der Waals surface area contributed by atoms with E-state index in [1.807, 2.05) is 6.08 Å². The van der Waals surface area contributed by atoms with Gasteiger partial charge in [0.05, 0.1) is 5.56 Å². The molecule has 1 heterocycles. The molecule has 2 aromatic rings. The van der Waals surface area contributed by atoms with E-state index in [2.05, 4.69) is 0 Å². The quantitative estimate of drug-likeness (QED) is 0.910. The fraction of sp³-hybridized carbons (Fsp3) is 0.0625. The molecule has 0 aliphatic carbocycles. The Morgan fingerprint density at radius 3 is 2.60 bits per heavy atom. The summed E-state index contributed by atoms with van der Waals surface area (Å²) < 4.78 is 18.5. The molecule has 100 valence electrons. The molecule has 0 spiro atoms. The van der Waals surface area contributed by atoms with E-state index in [1.54, 1.807) is 24.3 Å². The van der Waals surface area contributed by atoms with Crippen LogP contribution in [0.25, 0.3) is 5.57 Å². The second-order valence-electron chi connectivity index (χ2n) is 4.45. The van der Waals surface area contributed by atoms with Crippen molar-refractivity contribution in [2.24, 2.45) is 0 Å². The summed E-state index contributed by atoms with van der Waals surface area (Å²) in [5.74, 6) is -0.658. The van der Waals surface area contributed by atoms with E-state index in [0.717, 1.165) is 11.1 Å². The van der Waals surface area contributed by atoms with Crippen LogP contribution in [-0.2, 0) is 0 Å². The maximum atomic E-state index is 13.0. The second-order valence-corrected chi connectivity index (χ2v) is 4.45. The molecule has 0 radical (unpaired) electrons. The molecule has 0 saturated heterocycles. The standard InChI is InChI=1S/C16H11FO3/c17-12-4-1-10(2-5-12)13-7-8-20-15-6-3-11(16(18)19)9-14(13)15/h1-7,9H,8H2,(H,18,19). The Labute approximate surface area is 114 Å². The molecule has 0 unspecified atom stereocenters. The molecule has 1 aliphatic rings. The zero-order valence-electron chi connectivity index (χ0n) is 10.5. The number of ether oxygens (including phenoxy) is 1. The minimum absolute atomic E-state index is 0.197. The van der Waals surface area contributed by atoms with Crippen LogP contribution in [0.5, 0.6) is 5.75 Å². The first-order valence-electron chi connectivity index (χ1n) is 6.12. The maximum absolute atomic E-state index is 13.0. The van der Waals surface area contributed by atoms with E-state index in [-0.39, 0.29) is 11.4 Å². The van der Waals surface area contributed by atoms with Gasteiger partial charge in [-0.15, -0.1) is 0 Å². The van der Waals surface area contributed by atoms with E-state index in [0.29, 0.717) is 17.9 Å². The molecule has 0 aromatic heterocycles. The molecule has 3 rings (SSSR count). The average molecular weight is 270 g/mol. The minimum atomic E-state index is -0.989. The minimum Gasteiger partial charge on any atom is -0.489 e. The normalized spacial score (nSPS) is 13.2. The summed E-state index contributed by atoms with van der Waals surface area (Å²) in [7, 11) is 0. The van der Waals surface area contributed by atoms with Crippen LogP contribution in [0.4, 0.5) is 4.39 Å². The number of carbonyl (C=O) groups is 1. The largest absolute Gasteiger partial charge is 0.489 e. The number of carboxylic acids is 1. The van der Waals surface area contributed by atoms with Gasteiger partial charge in [-0.2, -0.15) is 0 Å². The number of hydrogen-bond donors (Lipinski definition) is 1. The van der Waals surface area contributed by atoms with Crippen molar-refractivity contribution < 1.29 is 19.0 Å². The molecule has 0 amide bonds. The van der Waals surface area contributed by atoms with Crippen molar-refractivity contribution in [1.82, 2.24) is 0 Å². The summed E-state index contributed by atoms with van der Waals surface area (Å²) in [6.45, 7) is 0.409. The van der Waals surface area contributed by atoms with E-state index >= 15 is 0 Å². The van der Waals surface area contributed by atoms with Crippen molar-refractivity contribution in [3.8, 4) is 5.75 Å². The molecular formula is C16H11FO3. The highest BCUT2D eigenvalue weighted by Crippen LogP contribution is 2.34. The van der Waals surface area contributed by atoms with Crippen LogP contribution in [0.2, 0.25) is 0 Å². The summed E-state index contributed by atoms with van der Waals surface area (Å²) in [5, 5.41) is 9.07. The van der Waals surface area contributed by atoms with Crippen LogP contribution in [0, 0.1) is 5.82 Å². The van der Waals surface area contributed by atoms with Crippen LogP contribution in [0.3, 0.4) is 0 Å². The third-order valence-corrected chi connectivity index (χ3v) is 3.20. The van der Waals surface area contributed by atoms with Crippen molar-refractivity contribution in [2.75, 3.05) is 6.61 Å². The molecule has 0 saturated carbocycles. The maximum Gasteiger partial charge on any atom is 0.335 e. The topological polar surface area (TPSA) is 46.5 Å². The van der Waals surface area contributed by atoms with Crippen molar-refractivity contribution in [3.63, 3.8) is 0 Å². The number of halogens is 1. The lowest BCUT2D eigenvalue weighted by Gasteiger charge is -2.19. The third kappa shape index (κ3) is 2.16. The smallest absolute Gasteiger partial charge is 0.335 e. The molecule has 2 aromatic carbocycles. The molecule has 0 atom stereocenters. The van der Waals surface area contributed by atoms with E-state index in [9.17, 15) is 9.18 Å². The molecule has 0 fully saturated rings. The summed E-state index contributed by atoms with van der Waals surface area (Å²) in [4.78, 5) is 11.1. The van der Waals surface area contributed by atoms with Gasteiger partial charge in [0.15, 0.2) is 0 Å². The summed E-state index contributed by atoms with van der Waals surface area (Å²) >= 11 is 0. The van der Waals surface area contributed by atoms with Gasteiger partial charge >= 0.3 is 5.97 Å². The highest BCUT2D eigenvalue weighted by Gasteiger charge is 2.17. The van der Waals surface area contributed by atoms with Gasteiger partial charge in [0.2, 0.25) is 0 Å². The van der Waals surface area contributed by atoms with Crippen molar-refractivity contribution >= 4 is 11.5 Å². The lowest BCUT2D eigenvalue weighted by Crippen LogP contribution is -2.07. The van der Waals surface area contributed by atoms with Crippen LogP contribution >= 0.6 is 0 Å². The van der Waals surface area contributed by atoms with E-state index in [4.69, 9.17) is 9.84 Å². The summed E-state index contributed by atoms with van der Waals surface area (Å²) in [5.41, 5.74) is 2.60. The molecule has 3 nitrogen and oxygen atoms in total. The highest BCUT2D eigenvalue weighted by atomic mass is 19.1. The number of carboxylic acid groups (broad SMARTS) is 1. The van der Waals surface area contributed by atoms with Crippen LogP contribution in [0.1, 0.15) is 21.5 Å². The van der Waals surface area contributed by atoms with Gasteiger partial charge in [-0.05, 0) is 47.5 Å². The molecule has 0 bridgehead atoms. The zero-order valence-corrected chi connectivity index (χ0v) is 10.5. The third-order valence-electron chi connectivity index (χ3n) is 3.20. The predicted octanol–water partition coefficient (Wildman–Crippen LogP) is 3.35. The van der Waals surface area contributed by atoms with Crippen molar-refractivity contribution in [1.29, 1.82) is 0 Å². The monoisotopic (exact) mass is 270 g/mol. The Morgan fingerprint density at radius 2 is 1.90 bits per heavy atom. The Kier molecular flexibility index (Phi) is 2.99. The first kappa shape index (κ1) is 12.4. The number of aromatic carboxylic acids is 1. The molecule has 20 heavy (non-hydrogen) atoms. The van der Waals surface area contributed by atoms with Crippen LogP contribution in [-0.4, -0.2) is 17.7 Å². The lowest BCUT2D eigenvalue weighted by molar-refractivity contribution is 0.0697. The Morgan fingerprint density at radius 1 is 1.15 bits per heavy atom. The first-order chi connectivity index (χ1) is 9.65.